The lowest BCUT2D eigenvalue weighted by Crippen LogP contribution is -1.91. The molecule has 0 aliphatic carbocycles. The molecule has 0 atom stereocenters. The maximum atomic E-state index is 10.3. The minimum atomic E-state index is -0.382. The van der Waals surface area contributed by atoms with E-state index in [-0.39, 0.29) is 5.97 Å². The second-order valence-corrected chi connectivity index (χ2v) is 2.32. The van der Waals surface area contributed by atoms with E-state index >= 15 is 0 Å². The third kappa shape index (κ3) is 1.45. The molecule has 0 saturated heterocycles. The summed E-state index contributed by atoms with van der Waals surface area (Å²) >= 11 is 2.96. The van der Waals surface area contributed by atoms with Crippen molar-refractivity contribution in [1.82, 2.24) is 0 Å². The summed E-state index contributed by atoms with van der Waals surface area (Å²) in [5.41, 5.74) is 0. The normalized spacial score (nSPS) is 22.1. The molecule has 9 heavy (non-hydrogen) atoms. The molecule has 0 aromatic heterocycles. The molecule has 2 radical (unpaired) electrons. The van der Waals surface area contributed by atoms with E-state index in [1.54, 1.807) is 0 Å². The number of cyclic esters (lactones) is 1. The van der Waals surface area contributed by atoms with Gasteiger partial charge in [-0.05, 0) is 10.5 Å². The Kier molecular flexibility index (Phi) is 1.76. The summed E-state index contributed by atoms with van der Waals surface area (Å²) in [7, 11) is 5.23. The lowest BCUT2D eigenvalue weighted by Gasteiger charge is -1.94. The van der Waals surface area contributed by atoms with Crippen molar-refractivity contribution in [2.75, 3.05) is 0 Å². The highest BCUT2D eigenvalue weighted by Gasteiger charge is 2.09. The molecule has 44 valence electrons. The van der Waals surface area contributed by atoms with E-state index in [4.69, 9.17) is 7.85 Å². The number of carbonyl (C=O) groups is 1. The molecular weight excluding hydrogens is 183 g/mol. The first-order valence-electron chi connectivity index (χ1n) is 2.25. The summed E-state index contributed by atoms with van der Waals surface area (Å²) in [5, 5.41) is 0. The van der Waals surface area contributed by atoms with Crippen molar-refractivity contribution in [1.29, 1.82) is 0 Å². The maximum Gasteiger partial charge on any atom is 0.336 e. The van der Waals surface area contributed by atoms with Crippen molar-refractivity contribution >= 4 is 29.7 Å². The van der Waals surface area contributed by atoms with Crippen LogP contribution in [-0.2, 0) is 9.53 Å². The molecule has 1 aliphatic rings. The maximum absolute atomic E-state index is 10.3. The molecule has 4 heteroatoms. The predicted octanol–water partition coefficient (Wildman–Crippen LogP) is 0.832. The molecule has 0 aromatic rings. The Morgan fingerprint density at radius 2 is 2.33 bits per heavy atom. The zero-order valence-corrected chi connectivity index (χ0v) is 6.01. The summed E-state index contributed by atoms with van der Waals surface area (Å²) in [6.45, 7) is 0. The van der Waals surface area contributed by atoms with Crippen molar-refractivity contribution < 1.29 is 9.53 Å². The number of carbonyl (C=O) groups excluding carboxylic acids is 1. The van der Waals surface area contributed by atoms with Crippen LogP contribution in [-0.4, -0.2) is 13.8 Å². The van der Waals surface area contributed by atoms with E-state index in [9.17, 15) is 4.79 Å². The second kappa shape index (κ2) is 2.39. The highest BCUT2D eigenvalue weighted by Crippen LogP contribution is 2.15. The van der Waals surface area contributed by atoms with Gasteiger partial charge in [0.05, 0.1) is 0 Å². The van der Waals surface area contributed by atoms with Gasteiger partial charge in [-0.15, -0.1) is 0 Å². The van der Waals surface area contributed by atoms with E-state index < -0.39 is 0 Å². The number of hydrogen-bond donors (Lipinski definition) is 0. The Labute approximate surface area is 62.1 Å². The lowest BCUT2D eigenvalue weighted by atomic mass is 10.1. The predicted molar refractivity (Wildman–Crippen MR) is 36.9 cm³/mol. The molecule has 0 spiro atoms. The Bertz CT molecular complexity index is 203. The summed E-state index contributed by atoms with van der Waals surface area (Å²) in [6.07, 6.45) is 2.82. The quantitative estimate of drug-likeness (QED) is 0.412. The van der Waals surface area contributed by atoms with Crippen LogP contribution in [0.2, 0.25) is 0 Å². The highest BCUT2D eigenvalue weighted by molar-refractivity contribution is 9.12. The average molecular weight is 185 g/mol. The Morgan fingerprint density at radius 3 is 2.56 bits per heavy atom. The van der Waals surface area contributed by atoms with Crippen LogP contribution in [0.15, 0.2) is 22.3 Å². The molecule has 0 aromatic carbocycles. The highest BCUT2D eigenvalue weighted by atomic mass is 79.9. The number of allylic oxidation sites excluding steroid dienone is 1. The van der Waals surface area contributed by atoms with Crippen molar-refractivity contribution in [2.24, 2.45) is 0 Å². The van der Waals surface area contributed by atoms with Crippen molar-refractivity contribution in [2.45, 2.75) is 0 Å². The molecule has 0 amide bonds. The van der Waals surface area contributed by atoms with E-state index in [1.165, 1.54) is 12.2 Å². The number of hydrogen-bond acceptors (Lipinski definition) is 2. The minimum Gasteiger partial charge on any atom is -0.423 e. The molecule has 0 unspecified atom stereocenters. The summed E-state index contributed by atoms with van der Waals surface area (Å²) in [6, 6.07) is 0. The molecule has 0 fully saturated rings. The van der Waals surface area contributed by atoms with Gasteiger partial charge < -0.3 is 4.74 Å². The number of ether oxygens (including phenoxy) is 1. The van der Waals surface area contributed by atoms with Gasteiger partial charge in [-0.3, -0.25) is 0 Å². The van der Waals surface area contributed by atoms with Crippen LogP contribution in [0.25, 0.3) is 0 Å². The van der Waals surface area contributed by atoms with E-state index in [2.05, 4.69) is 20.7 Å². The smallest absolute Gasteiger partial charge is 0.336 e. The monoisotopic (exact) mass is 184 g/mol. The van der Waals surface area contributed by atoms with Crippen LogP contribution in [0, 0.1) is 0 Å². The largest absolute Gasteiger partial charge is 0.423 e. The van der Waals surface area contributed by atoms with Gasteiger partial charge >= 0.3 is 5.97 Å². The first-order chi connectivity index (χ1) is 4.20. The van der Waals surface area contributed by atoms with Crippen LogP contribution in [0.4, 0.5) is 0 Å². The second-order valence-electron chi connectivity index (χ2n) is 1.47. The van der Waals surface area contributed by atoms with E-state index in [0.29, 0.717) is 10.1 Å². The van der Waals surface area contributed by atoms with Gasteiger partial charge in [0.25, 0.3) is 0 Å². The molecule has 0 saturated carbocycles. The third-order valence-corrected chi connectivity index (χ3v) is 1.21. The van der Waals surface area contributed by atoms with Gasteiger partial charge in [0.2, 0.25) is 0 Å². The number of rotatable bonds is 0. The van der Waals surface area contributed by atoms with Crippen LogP contribution in [0.5, 0.6) is 0 Å². The van der Waals surface area contributed by atoms with Crippen LogP contribution in [0.3, 0.4) is 0 Å². The molecule has 1 heterocycles. The Hall–Kier alpha value is -0.505. The van der Waals surface area contributed by atoms with Crippen LogP contribution >= 0.6 is 15.9 Å². The number of halogens is 1. The van der Waals surface area contributed by atoms with Gasteiger partial charge in [0, 0.05) is 6.08 Å². The van der Waals surface area contributed by atoms with Crippen molar-refractivity contribution in [3.05, 3.63) is 22.3 Å². The van der Waals surface area contributed by atoms with Gasteiger partial charge in [-0.1, -0.05) is 15.9 Å². The molecular formula is C5H2BBrO2. The molecule has 1 aliphatic heterocycles. The van der Waals surface area contributed by atoms with Gasteiger partial charge in [0.15, 0.2) is 0 Å². The summed E-state index contributed by atoms with van der Waals surface area (Å²) in [4.78, 5) is 10.3. The molecule has 1 rings (SSSR count). The first kappa shape index (κ1) is 6.61. The average Bonchev–Trinajstić information content (AvgIpc) is 2.14. The zero-order chi connectivity index (χ0) is 6.85. The standard InChI is InChI=1S/C5H2BBrO2/c6-5(7)3-1-2-4(8)9-3/h1-2H/b5-3+. The number of esters is 1. The fraction of sp³-hybridized carbons (Fsp3) is 0. The topological polar surface area (TPSA) is 26.3 Å². The van der Waals surface area contributed by atoms with Gasteiger partial charge in [0.1, 0.15) is 13.6 Å². The molecule has 0 N–H and O–H groups in total. The Balaban J connectivity index is 2.83. The van der Waals surface area contributed by atoms with Crippen LogP contribution < -0.4 is 0 Å². The van der Waals surface area contributed by atoms with E-state index in [1.807, 2.05) is 0 Å². The third-order valence-electron chi connectivity index (χ3n) is 0.817. The molecule has 0 bridgehead atoms. The zero-order valence-electron chi connectivity index (χ0n) is 4.43. The van der Waals surface area contributed by atoms with Gasteiger partial charge in [-0.25, -0.2) is 4.79 Å². The van der Waals surface area contributed by atoms with Crippen molar-refractivity contribution in [3.63, 3.8) is 0 Å². The van der Waals surface area contributed by atoms with Crippen molar-refractivity contribution in [3.8, 4) is 0 Å². The molecule has 2 nitrogen and oxygen atoms in total. The van der Waals surface area contributed by atoms with Gasteiger partial charge in [-0.2, -0.15) is 0 Å². The Morgan fingerprint density at radius 1 is 1.67 bits per heavy atom. The summed E-state index contributed by atoms with van der Waals surface area (Å²) in [5.74, 6) is -0.00704. The first-order valence-corrected chi connectivity index (χ1v) is 3.04. The SMILES string of the molecule is [B]/C(Br)=C1/C=CC(=O)O1. The van der Waals surface area contributed by atoms with Crippen LogP contribution in [0.1, 0.15) is 0 Å². The minimum absolute atomic E-state index is 0.338. The van der Waals surface area contributed by atoms with E-state index in [0.717, 1.165) is 0 Å². The summed E-state index contributed by atoms with van der Waals surface area (Å²) < 4.78 is 4.92. The fourth-order valence-corrected chi connectivity index (χ4v) is 0.662. The lowest BCUT2D eigenvalue weighted by molar-refractivity contribution is -0.132. The fourth-order valence-electron chi connectivity index (χ4n) is 0.449.